The topological polar surface area (TPSA) is 52.8 Å². The molecule has 0 atom stereocenters. The predicted octanol–water partition coefficient (Wildman–Crippen LogP) is 1.43. The summed E-state index contributed by atoms with van der Waals surface area (Å²) in [5.41, 5.74) is 0.924. The Kier molecular flexibility index (Phi) is 2.34. The lowest BCUT2D eigenvalue weighted by Gasteiger charge is -2.23. The summed E-state index contributed by atoms with van der Waals surface area (Å²) in [6.07, 6.45) is 3.52. The molecular formula is C10H9ClN4O. The molecule has 3 rings (SSSR count). The lowest BCUT2D eigenvalue weighted by Crippen LogP contribution is -2.25. The molecule has 0 spiro atoms. The monoisotopic (exact) mass is 236 g/mol. The maximum absolute atomic E-state index is 6.02. The Bertz CT molecular complexity index is 509. The van der Waals surface area contributed by atoms with Crippen molar-refractivity contribution in [3.8, 4) is 5.82 Å². The van der Waals surface area contributed by atoms with Gasteiger partial charge in [-0.15, -0.1) is 5.10 Å². The molecule has 2 aromatic rings. The highest BCUT2D eigenvalue weighted by Gasteiger charge is 2.24. The fraction of sp³-hybridized carbons (Fsp3) is 0.300. The molecule has 0 saturated carbocycles. The number of pyridine rings is 1. The summed E-state index contributed by atoms with van der Waals surface area (Å²) >= 11 is 6.02. The van der Waals surface area contributed by atoms with Gasteiger partial charge in [0.15, 0.2) is 5.82 Å². The van der Waals surface area contributed by atoms with E-state index in [2.05, 4.69) is 15.3 Å². The van der Waals surface area contributed by atoms with Crippen LogP contribution in [0.25, 0.3) is 5.82 Å². The van der Waals surface area contributed by atoms with Gasteiger partial charge in [0.05, 0.1) is 36.0 Å². The van der Waals surface area contributed by atoms with Gasteiger partial charge >= 0.3 is 0 Å². The molecule has 1 aliphatic heterocycles. The van der Waals surface area contributed by atoms with E-state index < -0.39 is 0 Å². The van der Waals surface area contributed by atoms with Gasteiger partial charge in [0.2, 0.25) is 0 Å². The van der Waals surface area contributed by atoms with Crippen molar-refractivity contribution in [1.29, 1.82) is 0 Å². The van der Waals surface area contributed by atoms with E-state index in [1.165, 1.54) is 0 Å². The van der Waals surface area contributed by atoms with Crippen LogP contribution < -0.4 is 0 Å². The molecule has 16 heavy (non-hydrogen) atoms. The Morgan fingerprint density at radius 2 is 2.31 bits per heavy atom. The van der Waals surface area contributed by atoms with Crippen molar-refractivity contribution < 1.29 is 4.74 Å². The van der Waals surface area contributed by atoms with Crippen LogP contribution >= 0.6 is 11.6 Å². The molecule has 0 aromatic carbocycles. The summed E-state index contributed by atoms with van der Waals surface area (Å²) in [6, 6.07) is 3.56. The second-order valence-electron chi connectivity index (χ2n) is 3.63. The number of aromatic nitrogens is 4. The van der Waals surface area contributed by atoms with Gasteiger partial charge in [0, 0.05) is 6.20 Å². The van der Waals surface area contributed by atoms with Crippen LogP contribution in [0.15, 0.2) is 24.5 Å². The fourth-order valence-electron chi connectivity index (χ4n) is 1.52. The average Bonchev–Trinajstić information content (AvgIpc) is 2.65. The zero-order chi connectivity index (χ0) is 11.0. The Balaban J connectivity index is 1.95. The third kappa shape index (κ3) is 1.58. The van der Waals surface area contributed by atoms with Crippen molar-refractivity contribution in [2.45, 2.75) is 5.92 Å². The van der Waals surface area contributed by atoms with E-state index in [1.54, 1.807) is 23.0 Å². The molecular weight excluding hydrogens is 228 g/mol. The molecule has 2 aromatic heterocycles. The van der Waals surface area contributed by atoms with Crippen LogP contribution in [-0.2, 0) is 4.74 Å². The zero-order valence-corrected chi connectivity index (χ0v) is 9.13. The van der Waals surface area contributed by atoms with Crippen LogP contribution in [0.3, 0.4) is 0 Å². The van der Waals surface area contributed by atoms with Crippen LogP contribution in [0.4, 0.5) is 0 Å². The summed E-state index contributed by atoms with van der Waals surface area (Å²) in [5, 5.41) is 8.66. The molecule has 0 N–H and O–H groups in total. The van der Waals surface area contributed by atoms with Gasteiger partial charge < -0.3 is 4.74 Å². The minimum Gasteiger partial charge on any atom is -0.380 e. The molecule has 1 saturated heterocycles. The summed E-state index contributed by atoms with van der Waals surface area (Å²) in [7, 11) is 0. The Morgan fingerprint density at radius 3 is 3.00 bits per heavy atom. The molecule has 1 aliphatic rings. The van der Waals surface area contributed by atoms with E-state index in [1.807, 2.05) is 6.20 Å². The second kappa shape index (κ2) is 3.84. The van der Waals surface area contributed by atoms with Gasteiger partial charge in [-0.05, 0) is 12.1 Å². The third-order valence-corrected chi connectivity index (χ3v) is 2.82. The summed E-state index contributed by atoms with van der Waals surface area (Å²) in [5.74, 6) is 0.958. The molecule has 82 valence electrons. The summed E-state index contributed by atoms with van der Waals surface area (Å²) < 4.78 is 6.70. The van der Waals surface area contributed by atoms with Crippen LogP contribution in [-0.4, -0.2) is 33.2 Å². The van der Waals surface area contributed by atoms with Crippen molar-refractivity contribution >= 4 is 11.6 Å². The minimum atomic E-state index is 0.358. The maximum Gasteiger partial charge on any atom is 0.173 e. The Hall–Kier alpha value is -1.46. The highest BCUT2D eigenvalue weighted by atomic mass is 35.5. The highest BCUT2D eigenvalue weighted by Crippen LogP contribution is 2.23. The molecule has 0 aliphatic carbocycles. The Labute approximate surface area is 97.0 Å². The van der Waals surface area contributed by atoms with Crippen LogP contribution in [0.5, 0.6) is 0 Å². The van der Waals surface area contributed by atoms with E-state index >= 15 is 0 Å². The predicted molar refractivity (Wildman–Crippen MR) is 57.7 cm³/mol. The number of halogens is 1. The standard InChI is InChI=1S/C10H9ClN4O/c11-8-2-1-3-12-10(8)15-4-9(13-14-15)7-5-16-6-7/h1-4,7H,5-6H2. The van der Waals surface area contributed by atoms with Gasteiger partial charge in [-0.3, -0.25) is 0 Å². The molecule has 1 fully saturated rings. The van der Waals surface area contributed by atoms with Gasteiger partial charge in [-0.1, -0.05) is 16.8 Å². The first-order valence-electron chi connectivity index (χ1n) is 4.95. The molecule has 3 heterocycles. The van der Waals surface area contributed by atoms with E-state index in [-0.39, 0.29) is 0 Å². The first-order chi connectivity index (χ1) is 7.84. The largest absolute Gasteiger partial charge is 0.380 e. The molecule has 0 amide bonds. The van der Waals surface area contributed by atoms with Crippen LogP contribution in [0, 0.1) is 0 Å². The number of hydrogen-bond donors (Lipinski definition) is 0. The quantitative estimate of drug-likeness (QED) is 0.792. The lowest BCUT2D eigenvalue weighted by molar-refractivity contribution is 0.00667. The summed E-state index contributed by atoms with van der Waals surface area (Å²) in [4.78, 5) is 4.16. The van der Waals surface area contributed by atoms with Crippen LogP contribution in [0.2, 0.25) is 5.02 Å². The Morgan fingerprint density at radius 1 is 1.44 bits per heavy atom. The molecule has 0 radical (unpaired) electrons. The first kappa shape index (κ1) is 9.74. The van der Waals surface area contributed by atoms with Crippen molar-refractivity contribution in [1.82, 2.24) is 20.0 Å². The van der Waals surface area contributed by atoms with Gasteiger partial charge in [-0.25, -0.2) is 9.67 Å². The van der Waals surface area contributed by atoms with E-state index in [0.29, 0.717) is 30.0 Å². The highest BCUT2D eigenvalue weighted by molar-refractivity contribution is 6.32. The molecule has 5 nitrogen and oxygen atoms in total. The summed E-state index contributed by atoms with van der Waals surface area (Å²) in [6.45, 7) is 1.43. The number of ether oxygens (including phenoxy) is 1. The van der Waals surface area contributed by atoms with Crippen molar-refractivity contribution in [3.63, 3.8) is 0 Å². The second-order valence-corrected chi connectivity index (χ2v) is 4.04. The molecule has 0 bridgehead atoms. The number of rotatable bonds is 2. The van der Waals surface area contributed by atoms with Gasteiger partial charge in [0.1, 0.15) is 0 Å². The normalized spacial score (nSPS) is 16.1. The average molecular weight is 237 g/mol. The first-order valence-corrected chi connectivity index (χ1v) is 5.33. The van der Waals surface area contributed by atoms with Crippen molar-refractivity contribution in [2.24, 2.45) is 0 Å². The maximum atomic E-state index is 6.02. The molecule has 6 heteroatoms. The van der Waals surface area contributed by atoms with E-state index in [9.17, 15) is 0 Å². The lowest BCUT2D eigenvalue weighted by atomic mass is 10.1. The number of hydrogen-bond acceptors (Lipinski definition) is 4. The van der Waals surface area contributed by atoms with E-state index in [4.69, 9.17) is 16.3 Å². The molecule has 0 unspecified atom stereocenters. The van der Waals surface area contributed by atoms with Crippen LogP contribution in [0.1, 0.15) is 11.6 Å². The smallest absolute Gasteiger partial charge is 0.173 e. The van der Waals surface area contributed by atoms with E-state index in [0.717, 1.165) is 5.69 Å². The van der Waals surface area contributed by atoms with Gasteiger partial charge in [-0.2, -0.15) is 0 Å². The fourth-order valence-corrected chi connectivity index (χ4v) is 1.73. The van der Waals surface area contributed by atoms with Gasteiger partial charge in [0.25, 0.3) is 0 Å². The minimum absolute atomic E-state index is 0.358. The third-order valence-electron chi connectivity index (χ3n) is 2.52. The number of nitrogens with zero attached hydrogens (tertiary/aromatic N) is 4. The zero-order valence-electron chi connectivity index (χ0n) is 8.38. The van der Waals surface area contributed by atoms with Crippen molar-refractivity contribution in [3.05, 3.63) is 35.2 Å². The van der Waals surface area contributed by atoms with Crippen molar-refractivity contribution in [2.75, 3.05) is 13.2 Å². The SMILES string of the molecule is Clc1cccnc1-n1cc(C2COC2)nn1.